The minimum atomic E-state index is -2.75. The second-order valence-corrected chi connectivity index (χ2v) is 6.83. The van der Waals surface area contributed by atoms with Crippen molar-refractivity contribution in [2.24, 2.45) is 0 Å². The lowest BCUT2D eigenvalue weighted by Crippen LogP contribution is -2.54. The summed E-state index contributed by atoms with van der Waals surface area (Å²) in [6.45, 7) is 7.98. The Bertz CT molecular complexity index is 329. The molecule has 0 spiro atoms. The van der Waals surface area contributed by atoms with Crippen molar-refractivity contribution < 1.29 is 22.5 Å². The molecule has 1 saturated heterocycles. The minimum absolute atomic E-state index is 0.659. The van der Waals surface area contributed by atoms with Crippen LogP contribution in [0.2, 0.25) is 0 Å². The molecule has 0 aliphatic carbocycles. The molecule has 18 heavy (non-hydrogen) atoms. The monoisotopic (exact) mass is 298 g/mol. The Balaban J connectivity index is 3.26. The van der Waals surface area contributed by atoms with Gasteiger partial charge in [-0.2, -0.15) is 0 Å². The average molecular weight is 298 g/mol. The summed E-state index contributed by atoms with van der Waals surface area (Å²) in [5.41, 5.74) is -1.34. The molecular formula is C11H24O5P2. The average Bonchev–Trinajstić information content (AvgIpc) is 2.44. The van der Waals surface area contributed by atoms with Crippen LogP contribution >= 0.6 is 16.5 Å². The summed E-state index contributed by atoms with van der Waals surface area (Å²) in [4.78, 5) is 0. The van der Waals surface area contributed by atoms with E-state index in [-0.39, 0.29) is 0 Å². The molecule has 108 valence electrons. The van der Waals surface area contributed by atoms with E-state index in [1.165, 1.54) is 0 Å². The second-order valence-electron chi connectivity index (χ2n) is 4.61. The van der Waals surface area contributed by atoms with E-state index in [0.29, 0.717) is 19.3 Å². The smallest absolute Gasteiger partial charge is 0.301 e. The summed E-state index contributed by atoms with van der Waals surface area (Å²) in [7, 11) is -5.50. The molecule has 1 fully saturated rings. The highest BCUT2D eigenvalue weighted by Gasteiger charge is 2.53. The fraction of sp³-hybridized carbons (Fsp3) is 1.00. The molecule has 1 aliphatic heterocycles. The lowest BCUT2D eigenvalue weighted by atomic mass is 9.74. The van der Waals surface area contributed by atoms with Gasteiger partial charge in [0.15, 0.2) is 0 Å². The first-order valence-electron chi connectivity index (χ1n) is 6.63. The highest BCUT2D eigenvalue weighted by atomic mass is 31.2. The summed E-state index contributed by atoms with van der Waals surface area (Å²) >= 11 is 0. The molecule has 7 heteroatoms. The van der Waals surface area contributed by atoms with Crippen LogP contribution in [0.25, 0.3) is 0 Å². The van der Waals surface area contributed by atoms with Crippen LogP contribution < -0.4 is 0 Å². The van der Waals surface area contributed by atoms with Crippen molar-refractivity contribution in [2.45, 2.75) is 71.0 Å². The van der Waals surface area contributed by atoms with Crippen molar-refractivity contribution >= 4 is 16.5 Å². The topological polar surface area (TPSA) is 61.8 Å². The predicted octanol–water partition coefficient (Wildman–Crippen LogP) is 4.34. The molecule has 5 nitrogen and oxygen atoms in total. The summed E-state index contributed by atoms with van der Waals surface area (Å²) in [5.74, 6) is 0. The van der Waals surface area contributed by atoms with Crippen molar-refractivity contribution in [2.75, 3.05) is 0 Å². The zero-order valence-electron chi connectivity index (χ0n) is 11.6. The Morgan fingerprint density at radius 1 is 0.833 bits per heavy atom. The summed E-state index contributed by atoms with van der Waals surface area (Å²) in [6.07, 6.45) is 3.59. The van der Waals surface area contributed by atoms with Crippen LogP contribution in [0.4, 0.5) is 0 Å². The molecule has 3 atom stereocenters. The molecule has 1 heterocycles. The van der Waals surface area contributed by atoms with Crippen molar-refractivity contribution in [3.8, 4) is 0 Å². The minimum Gasteiger partial charge on any atom is -0.301 e. The summed E-state index contributed by atoms with van der Waals surface area (Å²) < 4.78 is 39.6. The highest BCUT2D eigenvalue weighted by Crippen LogP contribution is 2.57. The maximum Gasteiger partial charge on any atom is 0.326 e. The van der Waals surface area contributed by atoms with Crippen LogP contribution in [0.5, 0.6) is 0 Å². The van der Waals surface area contributed by atoms with Gasteiger partial charge in [0.05, 0.1) is 0 Å². The van der Waals surface area contributed by atoms with Gasteiger partial charge in [-0.25, -0.2) is 4.31 Å². The van der Waals surface area contributed by atoms with Crippen LogP contribution in [-0.2, 0) is 22.5 Å². The third kappa shape index (κ3) is 2.91. The third-order valence-electron chi connectivity index (χ3n) is 3.92. The van der Waals surface area contributed by atoms with Crippen molar-refractivity contribution in [3.05, 3.63) is 0 Å². The molecule has 0 aromatic heterocycles. The number of hydrogen-bond acceptors (Lipinski definition) is 5. The van der Waals surface area contributed by atoms with Crippen LogP contribution in [0.1, 0.15) is 59.8 Å². The molecular weight excluding hydrogens is 274 g/mol. The fourth-order valence-electron chi connectivity index (χ4n) is 2.91. The first-order chi connectivity index (χ1) is 8.49. The molecule has 0 bridgehead atoms. The molecule has 3 unspecified atom stereocenters. The van der Waals surface area contributed by atoms with Gasteiger partial charge >= 0.3 is 16.5 Å². The van der Waals surface area contributed by atoms with Crippen molar-refractivity contribution in [1.29, 1.82) is 0 Å². The van der Waals surface area contributed by atoms with Gasteiger partial charge < -0.3 is 9.05 Å². The third-order valence-corrected chi connectivity index (χ3v) is 6.37. The Kier molecular flexibility index (Phi) is 6.08. The Labute approximate surface area is 110 Å². The Morgan fingerprint density at radius 3 is 1.67 bits per heavy atom. The quantitative estimate of drug-likeness (QED) is 0.707. The van der Waals surface area contributed by atoms with Gasteiger partial charge in [0.1, 0.15) is 11.2 Å². The van der Waals surface area contributed by atoms with Crippen LogP contribution in [0, 0.1) is 0 Å². The van der Waals surface area contributed by atoms with E-state index in [1.807, 2.05) is 27.7 Å². The largest absolute Gasteiger partial charge is 0.326 e. The maximum absolute atomic E-state index is 11.7. The van der Waals surface area contributed by atoms with E-state index >= 15 is 0 Å². The lowest BCUT2D eigenvalue weighted by molar-refractivity contribution is -0.119. The first-order valence-corrected chi connectivity index (χ1v) is 9.08. The molecule has 1 rings (SSSR count). The normalized spacial score (nSPS) is 36.2. The van der Waals surface area contributed by atoms with Crippen molar-refractivity contribution in [1.82, 2.24) is 0 Å². The van der Waals surface area contributed by atoms with Gasteiger partial charge in [-0.05, 0) is 25.7 Å². The van der Waals surface area contributed by atoms with Crippen LogP contribution in [0.3, 0.4) is 0 Å². The molecule has 0 N–H and O–H groups in total. The summed E-state index contributed by atoms with van der Waals surface area (Å²) in [6, 6.07) is 0. The Morgan fingerprint density at radius 2 is 1.28 bits per heavy atom. The lowest BCUT2D eigenvalue weighted by Gasteiger charge is -2.46. The number of hydrogen-bond donors (Lipinski definition) is 0. The van der Waals surface area contributed by atoms with Gasteiger partial charge in [0, 0.05) is 0 Å². The van der Waals surface area contributed by atoms with Gasteiger partial charge in [-0.3, -0.25) is 9.13 Å². The molecule has 0 aromatic rings. The SMILES string of the molecule is CCCC1(CC)O[PH](=O)O[PH](=O)OC1(CC)CC. The van der Waals surface area contributed by atoms with Gasteiger partial charge in [0.25, 0.3) is 0 Å². The van der Waals surface area contributed by atoms with Crippen LogP contribution in [0.15, 0.2) is 0 Å². The molecule has 0 saturated carbocycles. The fourth-order valence-corrected chi connectivity index (χ4v) is 5.33. The van der Waals surface area contributed by atoms with Gasteiger partial charge in [-0.15, -0.1) is 0 Å². The standard InChI is InChI=1S/C11H24O5P2/c1-5-9-11(8-4)10(6-2,7-3)14-17(12)16-18(13)15-11/h17-18H,5-9H2,1-4H3. The zero-order chi connectivity index (χ0) is 13.8. The molecule has 0 radical (unpaired) electrons. The van der Waals surface area contributed by atoms with E-state index in [9.17, 15) is 9.13 Å². The zero-order valence-corrected chi connectivity index (χ0v) is 13.6. The van der Waals surface area contributed by atoms with E-state index in [1.54, 1.807) is 0 Å². The van der Waals surface area contributed by atoms with Crippen LogP contribution in [-0.4, -0.2) is 11.2 Å². The van der Waals surface area contributed by atoms with Gasteiger partial charge in [0.2, 0.25) is 0 Å². The van der Waals surface area contributed by atoms with E-state index < -0.39 is 27.7 Å². The maximum atomic E-state index is 11.7. The van der Waals surface area contributed by atoms with Crippen molar-refractivity contribution in [3.63, 3.8) is 0 Å². The van der Waals surface area contributed by atoms with E-state index in [2.05, 4.69) is 0 Å². The Hall–Kier alpha value is 0.340. The summed E-state index contributed by atoms with van der Waals surface area (Å²) in [5, 5.41) is 0. The predicted molar refractivity (Wildman–Crippen MR) is 72.5 cm³/mol. The molecule has 0 amide bonds. The molecule has 0 aromatic carbocycles. The first kappa shape index (κ1) is 16.4. The number of rotatable bonds is 5. The van der Waals surface area contributed by atoms with E-state index in [0.717, 1.165) is 12.8 Å². The molecule has 1 aliphatic rings. The van der Waals surface area contributed by atoms with E-state index in [4.69, 9.17) is 13.4 Å². The van der Waals surface area contributed by atoms with Gasteiger partial charge in [-0.1, -0.05) is 34.1 Å². The second kappa shape index (κ2) is 6.67. The highest BCUT2D eigenvalue weighted by molar-refractivity contribution is 7.47.